The quantitative estimate of drug-likeness (QED) is 0.638. The van der Waals surface area contributed by atoms with Crippen LogP contribution in [0.1, 0.15) is 5.56 Å². The van der Waals surface area contributed by atoms with Gasteiger partial charge in [-0.2, -0.15) is 4.68 Å². The summed E-state index contributed by atoms with van der Waals surface area (Å²) in [5, 5.41) is 23.0. The Kier molecular flexibility index (Phi) is 5.91. The zero-order valence-corrected chi connectivity index (χ0v) is 15.1. The molecule has 0 bridgehead atoms. The fourth-order valence-electron chi connectivity index (χ4n) is 2.06. The van der Waals surface area contributed by atoms with E-state index in [1.54, 1.807) is 16.8 Å². The second kappa shape index (κ2) is 8.33. The Bertz CT molecular complexity index is 808. The predicted molar refractivity (Wildman–Crippen MR) is 97.6 cm³/mol. The Balaban J connectivity index is 1.54. The molecule has 0 unspecified atom stereocenters. The van der Waals surface area contributed by atoms with Crippen molar-refractivity contribution < 1.29 is 9.84 Å². The molecule has 130 valence electrons. The summed E-state index contributed by atoms with van der Waals surface area (Å²) in [5.41, 5.74) is 1.97. The second-order valence-electron chi connectivity index (χ2n) is 5.44. The molecule has 3 aromatic rings. The van der Waals surface area contributed by atoms with Crippen molar-refractivity contribution in [1.29, 1.82) is 0 Å². The topological polar surface area (TPSA) is 73.1 Å². The molecule has 0 amide bonds. The number of hydrogen-bond acceptors (Lipinski definition) is 6. The van der Waals surface area contributed by atoms with Gasteiger partial charge in [-0.1, -0.05) is 41.1 Å². The molecule has 0 saturated carbocycles. The van der Waals surface area contributed by atoms with Gasteiger partial charge in [-0.05, 0) is 53.7 Å². The zero-order chi connectivity index (χ0) is 17.6. The highest BCUT2D eigenvalue weighted by molar-refractivity contribution is 7.99. The summed E-state index contributed by atoms with van der Waals surface area (Å²) in [6.45, 7) is 2.22. The fourth-order valence-corrected chi connectivity index (χ4v) is 2.98. The van der Waals surface area contributed by atoms with Gasteiger partial charge in [0.25, 0.3) is 0 Å². The molecule has 0 spiro atoms. The van der Waals surface area contributed by atoms with Crippen molar-refractivity contribution in [2.45, 2.75) is 18.2 Å². The van der Waals surface area contributed by atoms with Crippen LogP contribution in [0.3, 0.4) is 0 Å². The van der Waals surface area contributed by atoms with Crippen LogP contribution in [-0.4, -0.2) is 43.8 Å². The van der Waals surface area contributed by atoms with Crippen molar-refractivity contribution in [3.8, 4) is 11.4 Å². The summed E-state index contributed by atoms with van der Waals surface area (Å²) in [5.74, 6) is 1.15. The van der Waals surface area contributed by atoms with Gasteiger partial charge < -0.3 is 9.84 Å². The molecule has 0 saturated heterocycles. The molecule has 1 N–H and O–H groups in total. The van der Waals surface area contributed by atoms with Crippen molar-refractivity contribution in [1.82, 2.24) is 20.2 Å². The Morgan fingerprint density at radius 2 is 1.88 bits per heavy atom. The van der Waals surface area contributed by atoms with Crippen LogP contribution in [0.25, 0.3) is 5.69 Å². The molecule has 0 aliphatic heterocycles. The minimum atomic E-state index is -0.637. The van der Waals surface area contributed by atoms with Crippen LogP contribution in [0.4, 0.5) is 0 Å². The third-order valence-corrected chi connectivity index (χ3v) is 4.70. The summed E-state index contributed by atoms with van der Waals surface area (Å²) >= 11 is 7.26. The third-order valence-electron chi connectivity index (χ3n) is 3.38. The molecule has 25 heavy (non-hydrogen) atoms. The van der Waals surface area contributed by atoms with E-state index in [0.717, 1.165) is 17.0 Å². The number of tetrazole rings is 1. The number of halogens is 1. The van der Waals surface area contributed by atoms with Gasteiger partial charge in [0.15, 0.2) is 0 Å². The number of aliphatic hydroxyl groups is 1. The summed E-state index contributed by atoms with van der Waals surface area (Å²) < 4.78 is 7.19. The molecular weight excluding hydrogens is 360 g/mol. The van der Waals surface area contributed by atoms with Crippen molar-refractivity contribution in [2.75, 3.05) is 12.4 Å². The molecule has 1 heterocycles. The minimum Gasteiger partial charge on any atom is -0.491 e. The van der Waals surface area contributed by atoms with E-state index in [4.69, 9.17) is 16.3 Å². The van der Waals surface area contributed by atoms with E-state index in [-0.39, 0.29) is 6.61 Å². The number of aliphatic hydroxyl groups excluding tert-OH is 1. The van der Waals surface area contributed by atoms with E-state index >= 15 is 0 Å². The predicted octanol–water partition coefficient (Wildman–Crippen LogP) is 3.16. The SMILES string of the molecule is Cc1ccc(OC[C@@H](O)CSc2nnnn2-c2ccc(Cl)cc2)cc1. The smallest absolute Gasteiger partial charge is 0.214 e. The number of benzene rings is 2. The van der Waals surface area contributed by atoms with Crippen molar-refractivity contribution in [3.05, 3.63) is 59.1 Å². The maximum absolute atomic E-state index is 10.1. The maximum atomic E-state index is 10.1. The first-order valence-electron chi connectivity index (χ1n) is 7.66. The van der Waals surface area contributed by atoms with Gasteiger partial charge >= 0.3 is 0 Å². The lowest BCUT2D eigenvalue weighted by Gasteiger charge is -2.12. The summed E-state index contributed by atoms with van der Waals surface area (Å²) in [6.07, 6.45) is -0.637. The van der Waals surface area contributed by atoms with Crippen LogP contribution in [0, 0.1) is 6.92 Å². The van der Waals surface area contributed by atoms with Gasteiger partial charge in [0.05, 0.1) is 11.8 Å². The number of rotatable bonds is 7. The largest absolute Gasteiger partial charge is 0.491 e. The summed E-state index contributed by atoms with van der Waals surface area (Å²) in [4.78, 5) is 0. The first kappa shape index (κ1) is 17.7. The Morgan fingerprint density at radius 1 is 1.16 bits per heavy atom. The third kappa shape index (κ3) is 4.94. The van der Waals surface area contributed by atoms with E-state index < -0.39 is 6.10 Å². The number of aromatic nitrogens is 4. The molecule has 8 heteroatoms. The highest BCUT2D eigenvalue weighted by Gasteiger charge is 2.13. The minimum absolute atomic E-state index is 0.207. The van der Waals surface area contributed by atoms with Crippen LogP contribution in [0.15, 0.2) is 53.7 Å². The van der Waals surface area contributed by atoms with Gasteiger partial charge in [0, 0.05) is 10.8 Å². The van der Waals surface area contributed by atoms with E-state index in [2.05, 4.69) is 15.5 Å². The molecule has 1 aromatic heterocycles. The lowest BCUT2D eigenvalue weighted by Crippen LogP contribution is -2.20. The first-order chi connectivity index (χ1) is 12.1. The molecule has 0 aliphatic carbocycles. The summed E-state index contributed by atoms with van der Waals surface area (Å²) in [6, 6.07) is 14.9. The highest BCUT2D eigenvalue weighted by atomic mass is 35.5. The molecule has 0 aliphatic rings. The number of hydrogen-bond donors (Lipinski definition) is 1. The number of ether oxygens (including phenoxy) is 1. The number of nitrogens with zero attached hydrogens (tertiary/aromatic N) is 4. The summed E-state index contributed by atoms with van der Waals surface area (Å²) in [7, 11) is 0. The van der Waals surface area contributed by atoms with Crippen molar-refractivity contribution in [3.63, 3.8) is 0 Å². The van der Waals surface area contributed by atoms with E-state index in [1.807, 2.05) is 43.3 Å². The number of aryl methyl sites for hydroxylation is 1. The normalized spacial score (nSPS) is 12.1. The average Bonchev–Trinajstić information content (AvgIpc) is 3.09. The standard InChI is InChI=1S/C17H17ClN4O2S/c1-12-2-8-16(9-3-12)24-10-15(23)11-25-17-19-20-21-22(17)14-6-4-13(18)5-7-14/h2-9,15,23H,10-11H2,1H3/t15-/m1/s1. The molecular formula is C17H17ClN4O2S. The van der Waals surface area contributed by atoms with Crippen molar-refractivity contribution >= 4 is 23.4 Å². The maximum Gasteiger partial charge on any atom is 0.214 e. The van der Waals surface area contributed by atoms with Crippen molar-refractivity contribution in [2.24, 2.45) is 0 Å². The molecule has 2 aromatic carbocycles. The number of thioether (sulfide) groups is 1. The average molecular weight is 377 g/mol. The van der Waals surface area contributed by atoms with E-state index in [0.29, 0.717) is 15.9 Å². The Labute approximate surface area is 154 Å². The van der Waals surface area contributed by atoms with Crippen LogP contribution < -0.4 is 4.74 Å². The second-order valence-corrected chi connectivity index (χ2v) is 6.86. The van der Waals surface area contributed by atoms with Gasteiger partial charge in [-0.15, -0.1) is 5.10 Å². The van der Waals surface area contributed by atoms with Crippen LogP contribution in [0.5, 0.6) is 5.75 Å². The molecule has 0 fully saturated rings. The van der Waals surface area contributed by atoms with E-state index in [1.165, 1.54) is 11.8 Å². The molecule has 3 rings (SSSR count). The highest BCUT2D eigenvalue weighted by Crippen LogP contribution is 2.20. The fraction of sp³-hybridized carbons (Fsp3) is 0.235. The van der Waals surface area contributed by atoms with E-state index in [9.17, 15) is 5.11 Å². The monoisotopic (exact) mass is 376 g/mol. The first-order valence-corrected chi connectivity index (χ1v) is 9.03. The Morgan fingerprint density at radius 3 is 2.60 bits per heavy atom. The molecule has 6 nitrogen and oxygen atoms in total. The molecule has 0 radical (unpaired) electrons. The van der Waals surface area contributed by atoms with Gasteiger partial charge in [0.1, 0.15) is 12.4 Å². The molecule has 1 atom stereocenters. The van der Waals surface area contributed by atoms with Crippen LogP contribution in [-0.2, 0) is 0 Å². The van der Waals surface area contributed by atoms with Gasteiger partial charge in [-0.3, -0.25) is 0 Å². The van der Waals surface area contributed by atoms with Gasteiger partial charge in [0.2, 0.25) is 5.16 Å². The lowest BCUT2D eigenvalue weighted by atomic mass is 10.2. The van der Waals surface area contributed by atoms with Gasteiger partial charge in [-0.25, -0.2) is 0 Å². The Hall–Kier alpha value is -2.09. The zero-order valence-electron chi connectivity index (χ0n) is 13.5. The van der Waals surface area contributed by atoms with Crippen LogP contribution >= 0.6 is 23.4 Å². The lowest BCUT2D eigenvalue weighted by molar-refractivity contribution is 0.126. The van der Waals surface area contributed by atoms with Crippen LogP contribution in [0.2, 0.25) is 5.02 Å².